The van der Waals surface area contributed by atoms with Crippen molar-refractivity contribution in [1.82, 2.24) is 5.32 Å². The molecule has 0 aromatic heterocycles. The Morgan fingerprint density at radius 1 is 0.955 bits per heavy atom. The molecule has 6 heteroatoms. The fraction of sp³-hybridized carbons (Fsp3) is 0.125. The molecule has 0 saturated carbocycles. The summed E-state index contributed by atoms with van der Waals surface area (Å²) in [4.78, 5) is 23.7. The van der Waals surface area contributed by atoms with Crippen LogP contribution in [0.15, 0.2) is 42.5 Å². The maximum Gasteiger partial charge on any atom is 0.255 e. The minimum atomic E-state index is -0.832. The molecular weight excluding hydrogens is 290 g/mol. The molecule has 0 atom stereocenters. The normalized spacial score (nSPS) is 10.1. The Morgan fingerprint density at radius 3 is 2.27 bits per heavy atom. The lowest BCUT2D eigenvalue weighted by Crippen LogP contribution is -2.22. The number of nitrogens with one attached hydrogen (secondary N) is 2. The van der Waals surface area contributed by atoms with Crippen LogP contribution >= 0.6 is 0 Å². The van der Waals surface area contributed by atoms with E-state index in [2.05, 4.69) is 10.6 Å². The van der Waals surface area contributed by atoms with Crippen LogP contribution in [0.3, 0.4) is 0 Å². The summed E-state index contributed by atoms with van der Waals surface area (Å²) in [6.07, 6.45) is 0. The summed E-state index contributed by atoms with van der Waals surface area (Å²) in [6, 6.07) is 8.83. The van der Waals surface area contributed by atoms with Gasteiger partial charge in [0, 0.05) is 29.4 Å². The van der Waals surface area contributed by atoms with Gasteiger partial charge in [0.25, 0.3) is 11.8 Å². The lowest BCUT2D eigenvalue weighted by Gasteiger charge is -2.08. The number of benzene rings is 2. The molecule has 0 unspecified atom stereocenters. The molecule has 2 N–H and O–H groups in total. The van der Waals surface area contributed by atoms with E-state index in [4.69, 9.17) is 0 Å². The summed E-state index contributed by atoms with van der Waals surface area (Å²) in [5.74, 6) is -2.59. The molecule has 2 aromatic rings. The van der Waals surface area contributed by atoms with Crippen molar-refractivity contribution in [2.75, 3.05) is 11.9 Å². The second-order valence-electron chi connectivity index (χ2n) is 4.55. The highest BCUT2D eigenvalue weighted by molar-refractivity contribution is 6.05. The van der Waals surface area contributed by atoms with Crippen molar-refractivity contribution in [2.45, 2.75) is 6.92 Å². The first-order valence-corrected chi connectivity index (χ1v) is 6.65. The summed E-state index contributed by atoms with van der Waals surface area (Å²) in [5.41, 5.74) is 0.601. The number of hydrogen-bond donors (Lipinski definition) is 2. The van der Waals surface area contributed by atoms with E-state index in [1.807, 2.05) is 0 Å². The van der Waals surface area contributed by atoms with Gasteiger partial charge < -0.3 is 10.6 Å². The van der Waals surface area contributed by atoms with Crippen LogP contribution in [0.25, 0.3) is 0 Å². The number of carbonyl (C=O) groups is 2. The summed E-state index contributed by atoms with van der Waals surface area (Å²) < 4.78 is 26.2. The van der Waals surface area contributed by atoms with Gasteiger partial charge in [-0.2, -0.15) is 0 Å². The topological polar surface area (TPSA) is 58.2 Å². The van der Waals surface area contributed by atoms with Gasteiger partial charge in [0.15, 0.2) is 0 Å². The van der Waals surface area contributed by atoms with Crippen LogP contribution in [0.5, 0.6) is 0 Å². The van der Waals surface area contributed by atoms with Crippen molar-refractivity contribution in [2.24, 2.45) is 0 Å². The molecule has 0 heterocycles. The summed E-state index contributed by atoms with van der Waals surface area (Å²) in [6.45, 7) is 2.28. The predicted molar refractivity (Wildman–Crippen MR) is 78.8 cm³/mol. The Morgan fingerprint density at radius 2 is 1.64 bits per heavy atom. The van der Waals surface area contributed by atoms with Gasteiger partial charge in [0.1, 0.15) is 11.6 Å². The quantitative estimate of drug-likeness (QED) is 0.912. The molecule has 0 saturated heterocycles. The van der Waals surface area contributed by atoms with E-state index in [1.165, 1.54) is 6.07 Å². The lowest BCUT2D eigenvalue weighted by atomic mass is 10.1. The molecule has 114 valence electrons. The number of anilines is 1. The van der Waals surface area contributed by atoms with E-state index >= 15 is 0 Å². The number of rotatable bonds is 4. The van der Waals surface area contributed by atoms with Crippen molar-refractivity contribution in [1.29, 1.82) is 0 Å². The highest BCUT2D eigenvalue weighted by atomic mass is 19.1. The van der Waals surface area contributed by atoms with Crippen molar-refractivity contribution in [3.05, 3.63) is 65.2 Å². The van der Waals surface area contributed by atoms with E-state index < -0.39 is 17.5 Å². The van der Waals surface area contributed by atoms with Crippen LogP contribution in [0, 0.1) is 11.6 Å². The van der Waals surface area contributed by atoms with Crippen molar-refractivity contribution in [3.8, 4) is 0 Å². The highest BCUT2D eigenvalue weighted by Gasteiger charge is 2.11. The van der Waals surface area contributed by atoms with Gasteiger partial charge in [0.2, 0.25) is 0 Å². The number of carbonyl (C=O) groups excluding carboxylic acids is 2. The molecule has 2 aromatic carbocycles. The standard InChI is InChI=1S/C16H14F2N2O2/c1-2-19-15(21)10-4-3-5-14(8-10)20-16(22)11-6-12(17)9-13(18)7-11/h3-9H,2H2,1H3,(H,19,21)(H,20,22). The zero-order valence-electron chi connectivity index (χ0n) is 11.8. The second kappa shape index (κ2) is 6.80. The van der Waals surface area contributed by atoms with E-state index in [1.54, 1.807) is 25.1 Å². The number of amides is 2. The average molecular weight is 304 g/mol. The van der Waals surface area contributed by atoms with Crippen LogP contribution in [-0.2, 0) is 0 Å². The average Bonchev–Trinajstić information content (AvgIpc) is 2.46. The lowest BCUT2D eigenvalue weighted by molar-refractivity contribution is 0.0954. The van der Waals surface area contributed by atoms with E-state index in [-0.39, 0.29) is 11.5 Å². The SMILES string of the molecule is CCNC(=O)c1cccc(NC(=O)c2cc(F)cc(F)c2)c1. The van der Waals surface area contributed by atoms with Crippen LogP contribution in [0.1, 0.15) is 27.6 Å². The molecule has 0 aliphatic heterocycles. The fourth-order valence-corrected chi connectivity index (χ4v) is 1.89. The fourth-order valence-electron chi connectivity index (χ4n) is 1.89. The maximum absolute atomic E-state index is 13.1. The zero-order valence-corrected chi connectivity index (χ0v) is 11.8. The Labute approximate surface area is 126 Å². The van der Waals surface area contributed by atoms with Crippen LogP contribution in [0.4, 0.5) is 14.5 Å². The maximum atomic E-state index is 13.1. The van der Waals surface area contributed by atoms with Gasteiger partial charge >= 0.3 is 0 Å². The minimum Gasteiger partial charge on any atom is -0.352 e. The molecule has 2 rings (SSSR count). The van der Waals surface area contributed by atoms with Gasteiger partial charge in [-0.1, -0.05) is 6.07 Å². The Balaban J connectivity index is 2.18. The third-order valence-corrected chi connectivity index (χ3v) is 2.84. The first-order chi connectivity index (χ1) is 10.5. The predicted octanol–water partition coefficient (Wildman–Crippen LogP) is 2.97. The van der Waals surface area contributed by atoms with Gasteiger partial charge in [-0.15, -0.1) is 0 Å². The monoisotopic (exact) mass is 304 g/mol. The largest absolute Gasteiger partial charge is 0.352 e. The Hall–Kier alpha value is -2.76. The van der Waals surface area contributed by atoms with Gasteiger partial charge in [-0.05, 0) is 37.3 Å². The zero-order chi connectivity index (χ0) is 16.1. The number of hydrogen-bond acceptors (Lipinski definition) is 2. The van der Waals surface area contributed by atoms with Crippen LogP contribution in [-0.4, -0.2) is 18.4 Å². The molecule has 0 aliphatic carbocycles. The highest BCUT2D eigenvalue weighted by Crippen LogP contribution is 2.14. The number of halogens is 2. The molecule has 22 heavy (non-hydrogen) atoms. The van der Waals surface area contributed by atoms with Crippen molar-refractivity contribution >= 4 is 17.5 Å². The molecule has 0 aliphatic rings. The van der Waals surface area contributed by atoms with E-state index in [9.17, 15) is 18.4 Å². The molecule has 2 amide bonds. The van der Waals surface area contributed by atoms with Gasteiger partial charge in [0.05, 0.1) is 0 Å². The smallest absolute Gasteiger partial charge is 0.255 e. The third kappa shape index (κ3) is 3.88. The Bertz CT molecular complexity index is 697. The van der Waals surface area contributed by atoms with Crippen LogP contribution < -0.4 is 10.6 Å². The molecule has 0 spiro atoms. The first kappa shape index (κ1) is 15.6. The van der Waals surface area contributed by atoms with Crippen molar-refractivity contribution in [3.63, 3.8) is 0 Å². The van der Waals surface area contributed by atoms with Gasteiger partial charge in [-0.25, -0.2) is 8.78 Å². The van der Waals surface area contributed by atoms with E-state index in [0.29, 0.717) is 23.9 Å². The molecular formula is C16H14F2N2O2. The van der Waals surface area contributed by atoms with E-state index in [0.717, 1.165) is 12.1 Å². The summed E-state index contributed by atoms with van der Waals surface area (Å²) in [7, 11) is 0. The molecule has 0 fully saturated rings. The summed E-state index contributed by atoms with van der Waals surface area (Å²) >= 11 is 0. The molecule has 4 nitrogen and oxygen atoms in total. The summed E-state index contributed by atoms with van der Waals surface area (Å²) in [5, 5.41) is 5.14. The van der Waals surface area contributed by atoms with Crippen molar-refractivity contribution < 1.29 is 18.4 Å². The second-order valence-corrected chi connectivity index (χ2v) is 4.55. The van der Waals surface area contributed by atoms with Crippen LogP contribution in [0.2, 0.25) is 0 Å². The molecule has 0 radical (unpaired) electrons. The minimum absolute atomic E-state index is 0.138. The first-order valence-electron chi connectivity index (χ1n) is 6.65. The molecule has 0 bridgehead atoms. The van der Waals surface area contributed by atoms with Gasteiger partial charge in [-0.3, -0.25) is 9.59 Å². The Kier molecular flexibility index (Phi) is 4.83. The third-order valence-electron chi connectivity index (χ3n) is 2.84.